The molecule has 0 saturated carbocycles. The molecule has 2 aromatic carbocycles. The third kappa shape index (κ3) is 2.16. The van der Waals surface area contributed by atoms with E-state index in [1.165, 1.54) is 6.07 Å². The lowest BCUT2D eigenvalue weighted by atomic mass is 9.98. The predicted molar refractivity (Wildman–Crippen MR) is 81.4 cm³/mol. The molecule has 100 valence electrons. The Morgan fingerprint density at radius 2 is 2.00 bits per heavy atom. The first-order valence-corrected chi connectivity index (χ1v) is 6.86. The highest BCUT2D eigenvalue weighted by Crippen LogP contribution is 2.38. The first-order valence-electron chi connectivity index (χ1n) is 6.07. The molecule has 0 aliphatic heterocycles. The van der Waals surface area contributed by atoms with Gasteiger partial charge in [-0.2, -0.15) is 0 Å². The second kappa shape index (κ2) is 5.21. The van der Waals surface area contributed by atoms with Crippen molar-refractivity contribution in [1.82, 2.24) is 4.98 Å². The van der Waals surface area contributed by atoms with Crippen LogP contribution in [0.15, 0.2) is 53.3 Å². The molecule has 20 heavy (non-hydrogen) atoms. The molecule has 0 spiro atoms. The van der Waals surface area contributed by atoms with Gasteiger partial charge in [-0.25, -0.2) is 4.39 Å². The second-order valence-electron chi connectivity index (χ2n) is 4.36. The van der Waals surface area contributed by atoms with Crippen LogP contribution in [0.2, 0.25) is 0 Å². The van der Waals surface area contributed by atoms with Crippen LogP contribution in [0.1, 0.15) is 0 Å². The molecule has 2 nitrogen and oxygen atoms in total. The van der Waals surface area contributed by atoms with E-state index in [2.05, 4.69) is 20.9 Å². The highest BCUT2D eigenvalue weighted by atomic mass is 79.9. The molecular weight excluding hydrogens is 321 g/mol. The maximum absolute atomic E-state index is 14.2. The molecular formula is C16H11BrFNO. The number of hydrogen-bond donors (Lipinski definition) is 0. The van der Waals surface area contributed by atoms with Gasteiger partial charge in [0, 0.05) is 33.4 Å². The molecule has 0 amide bonds. The van der Waals surface area contributed by atoms with E-state index in [9.17, 15) is 4.39 Å². The zero-order chi connectivity index (χ0) is 14.1. The Morgan fingerprint density at radius 1 is 1.15 bits per heavy atom. The zero-order valence-corrected chi connectivity index (χ0v) is 12.3. The number of fused-ring (bicyclic) bond motifs is 1. The number of nitrogens with zero attached hydrogens (tertiary/aromatic N) is 1. The summed E-state index contributed by atoms with van der Waals surface area (Å²) < 4.78 is 20.4. The van der Waals surface area contributed by atoms with Gasteiger partial charge < -0.3 is 4.74 Å². The van der Waals surface area contributed by atoms with Crippen molar-refractivity contribution in [3.8, 4) is 16.9 Å². The molecule has 0 radical (unpaired) electrons. The van der Waals surface area contributed by atoms with E-state index in [1.54, 1.807) is 31.6 Å². The maximum Gasteiger partial charge on any atom is 0.131 e. The summed E-state index contributed by atoms with van der Waals surface area (Å²) in [6.45, 7) is 0. The molecule has 4 heteroatoms. The molecule has 0 bridgehead atoms. The number of halogens is 2. The Kier molecular flexibility index (Phi) is 3.40. The van der Waals surface area contributed by atoms with Gasteiger partial charge in [0.25, 0.3) is 0 Å². The lowest BCUT2D eigenvalue weighted by molar-refractivity contribution is 0.416. The number of rotatable bonds is 2. The summed E-state index contributed by atoms with van der Waals surface area (Å²) in [6, 6.07) is 10.5. The molecule has 0 aliphatic rings. The van der Waals surface area contributed by atoms with Crippen molar-refractivity contribution >= 4 is 26.7 Å². The van der Waals surface area contributed by atoms with Crippen molar-refractivity contribution in [2.45, 2.75) is 0 Å². The Hall–Kier alpha value is -1.94. The molecule has 0 aliphatic carbocycles. The monoisotopic (exact) mass is 331 g/mol. The number of ether oxygens (including phenoxy) is 1. The van der Waals surface area contributed by atoms with E-state index >= 15 is 0 Å². The van der Waals surface area contributed by atoms with Gasteiger partial charge in [-0.15, -0.1) is 0 Å². The number of pyridine rings is 1. The van der Waals surface area contributed by atoms with Crippen molar-refractivity contribution in [3.63, 3.8) is 0 Å². The fourth-order valence-corrected chi connectivity index (χ4v) is 2.64. The second-order valence-corrected chi connectivity index (χ2v) is 5.28. The third-order valence-corrected chi connectivity index (χ3v) is 3.70. The SMILES string of the molecule is COc1ccc2ccncc2c1-c1cc(Br)ccc1F. The van der Waals surface area contributed by atoms with Gasteiger partial charge in [0.05, 0.1) is 7.11 Å². The van der Waals surface area contributed by atoms with Crippen LogP contribution < -0.4 is 4.74 Å². The average molecular weight is 332 g/mol. The van der Waals surface area contributed by atoms with Crippen LogP contribution in [-0.4, -0.2) is 12.1 Å². The van der Waals surface area contributed by atoms with E-state index in [4.69, 9.17) is 4.74 Å². The lowest BCUT2D eigenvalue weighted by Gasteiger charge is -2.13. The van der Waals surface area contributed by atoms with Crippen LogP contribution in [0.3, 0.4) is 0 Å². The average Bonchev–Trinajstić information content (AvgIpc) is 2.48. The molecule has 0 saturated heterocycles. The Bertz CT molecular complexity index is 789. The van der Waals surface area contributed by atoms with Gasteiger partial charge in [0.2, 0.25) is 0 Å². The Morgan fingerprint density at radius 3 is 2.80 bits per heavy atom. The van der Waals surface area contributed by atoms with Gasteiger partial charge in [0.15, 0.2) is 0 Å². The van der Waals surface area contributed by atoms with E-state index in [0.29, 0.717) is 11.3 Å². The molecule has 1 aromatic heterocycles. The minimum atomic E-state index is -0.289. The smallest absolute Gasteiger partial charge is 0.131 e. The standard InChI is InChI=1S/C16H11BrFNO/c1-20-15-5-2-10-6-7-19-9-13(10)16(15)12-8-11(17)3-4-14(12)18/h2-9H,1H3. The van der Waals surface area contributed by atoms with Crippen molar-refractivity contribution in [1.29, 1.82) is 0 Å². The fraction of sp³-hybridized carbons (Fsp3) is 0.0625. The van der Waals surface area contributed by atoms with Gasteiger partial charge in [-0.05, 0) is 35.7 Å². The summed E-state index contributed by atoms with van der Waals surface area (Å²) in [6.07, 6.45) is 3.45. The molecule has 3 aromatic rings. The van der Waals surface area contributed by atoms with Crippen LogP contribution in [0.4, 0.5) is 4.39 Å². The van der Waals surface area contributed by atoms with E-state index in [1.807, 2.05) is 18.2 Å². The number of hydrogen-bond acceptors (Lipinski definition) is 2. The normalized spacial score (nSPS) is 10.8. The van der Waals surface area contributed by atoms with Crippen molar-refractivity contribution < 1.29 is 9.13 Å². The summed E-state index contributed by atoms with van der Waals surface area (Å²) >= 11 is 3.38. The van der Waals surface area contributed by atoms with Gasteiger partial charge in [-0.3, -0.25) is 4.98 Å². The molecule has 3 rings (SSSR count). The topological polar surface area (TPSA) is 22.1 Å². The number of methoxy groups -OCH3 is 1. The van der Waals surface area contributed by atoms with Crippen LogP contribution in [-0.2, 0) is 0 Å². The summed E-state index contributed by atoms with van der Waals surface area (Å²) in [7, 11) is 1.58. The van der Waals surface area contributed by atoms with Gasteiger partial charge in [-0.1, -0.05) is 22.0 Å². The highest BCUT2D eigenvalue weighted by molar-refractivity contribution is 9.10. The molecule has 0 N–H and O–H groups in total. The van der Waals surface area contributed by atoms with Crippen LogP contribution in [0.25, 0.3) is 21.9 Å². The quantitative estimate of drug-likeness (QED) is 0.672. The van der Waals surface area contributed by atoms with Crippen molar-refractivity contribution in [3.05, 3.63) is 59.1 Å². The number of benzene rings is 2. The summed E-state index contributed by atoms with van der Waals surface area (Å²) in [5, 5.41) is 1.86. The third-order valence-electron chi connectivity index (χ3n) is 3.20. The lowest BCUT2D eigenvalue weighted by Crippen LogP contribution is -1.93. The zero-order valence-electron chi connectivity index (χ0n) is 10.7. The first-order chi connectivity index (χ1) is 9.70. The molecule has 0 fully saturated rings. The van der Waals surface area contributed by atoms with Crippen molar-refractivity contribution in [2.24, 2.45) is 0 Å². The van der Waals surface area contributed by atoms with Gasteiger partial charge in [0.1, 0.15) is 11.6 Å². The largest absolute Gasteiger partial charge is 0.496 e. The van der Waals surface area contributed by atoms with Crippen LogP contribution in [0, 0.1) is 5.82 Å². The minimum Gasteiger partial charge on any atom is -0.496 e. The molecule has 1 heterocycles. The number of aromatic nitrogens is 1. The summed E-state index contributed by atoms with van der Waals surface area (Å²) in [5.41, 5.74) is 1.21. The van der Waals surface area contributed by atoms with Crippen LogP contribution in [0.5, 0.6) is 5.75 Å². The molecule has 0 atom stereocenters. The first kappa shape index (κ1) is 13.1. The predicted octanol–water partition coefficient (Wildman–Crippen LogP) is 4.81. The Labute approximate surface area is 124 Å². The van der Waals surface area contributed by atoms with E-state index in [0.717, 1.165) is 20.8 Å². The van der Waals surface area contributed by atoms with Gasteiger partial charge >= 0.3 is 0 Å². The minimum absolute atomic E-state index is 0.289. The van der Waals surface area contributed by atoms with Crippen molar-refractivity contribution in [2.75, 3.05) is 7.11 Å². The fourth-order valence-electron chi connectivity index (χ4n) is 2.28. The van der Waals surface area contributed by atoms with E-state index < -0.39 is 0 Å². The molecule has 0 unspecified atom stereocenters. The Balaban J connectivity index is 2.41. The van der Waals surface area contributed by atoms with Crippen LogP contribution >= 0.6 is 15.9 Å². The summed E-state index contributed by atoms with van der Waals surface area (Å²) in [4.78, 5) is 4.14. The summed E-state index contributed by atoms with van der Waals surface area (Å²) in [5.74, 6) is 0.338. The van der Waals surface area contributed by atoms with E-state index in [-0.39, 0.29) is 5.82 Å². The maximum atomic E-state index is 14.2. The highest BCUT2D eigenvalue weighted by Gasteiger charge is 2.15.